The molecule has 1 saturated carbocycles. The summed E-state index contributed by atoms with van der Waals surface area (Å²) in [5.41, 5.74) is 6.65. The standard InChI is InChI=1S/C14H21FN2/c1-10-4-2-5-11(8-10)9-17-13-7-3-6-12(15)14(13)16/h3,6-7,10-11,17H,2,4-5,8-9,16H2,1H3. The van der Waals surface area contributed by atoms with E-state index in [-0.39, 0.29) is 11.5 Å². The molecule has 0 aliphatic heterocycles. The Balaban J connectivity index is 1.91. The second-order valence-corrected chi connectivity index (χ2v) is 5.22. The third-order valence-corrected chi connectivity index (χ3v) is 3.68. The third kappa shape index (κ3) is 3.11. The van der Waals surface area contributed by atoms with Crippen molar-refractivity contribution in [1.82, 2.24) is 0 Å². The molecule has 1 aliphatic rings. The lowest BCUT2D eigenvalue weighted by molar-refractivity contribution is 0.293. The van der Waals surface area contributed by atoms with E-state index in [1.54, 1.807) is 6.07 Å². The molecule has 2 atom stereocenters. The highest BCUT2D eigenvalue weighted by Crippen LogP contribution is 2.29. The van der Waals surface area contributed by atoms with E-state index in [0.717, 1.165) is 18.2 Å². The molecule has 1 fully saturated rings. The summed E-state index contributed by atoms with van der Waals surface area (Å²) in [6, 6.07) is 4.92. The molecule has 2 nitrogen and oxygen atoms in total. The maximum absolute atomic E-state index is 13.2. The molecule has 0 saturated heterocycles. The van der Waals surface area contributed by atoms with Crippen LogP contribution >= 0.6 is 0 Å². The first-order chi connectivity index (χ1) is 8.16. The minimum Gasteiger partial charge on any atom is -0.395 e. The molecule has 0 spiro atoms. The van der Waals surface area contributed by atoms with E-state index in [4.69, 9.17) is 5.73 Å². The average molecular weight is 236 g/mol. The van der Waals surface area contributed by atoms with Crippen molar-refractivity contribution in [3.05, 3.63) is 24.0 Å². The smallest absolute Gasteiger partial charge is 0.148 e. The number of rotatable bonds is 3. The molecule has 0 bridgehead atoms. The van der Waals surface area contributed by atoms with Gasteiger partial charge in [0.1, 0.15) is 5.82 Å². The Morgan fingerprint density at radius 1 is 1.41 bits per heavy atom. The summed E-state index contributed by atoms with van der Waals surface area (Å²) in [6.45, 7) is 3.21. The first-order valence-electron chi connectivity index (χ1n) is 6.44. The molecule has 2 rings (SSSR count). The van der Waals surface area contributed by atoms with Crippen LogP contribution in [0.25, 0.3) is 0 Å². The van der Waals surface area contributed by atoms with Gasteiger partial charge in [-0.05, 0) is 36.8 Å². The van der Waals surface area contributed by atoms with E-state index in [9.17, 15) is 4.39 Å². The van der Waals surface area contributed by atoms with E-state index in [1.807, 2.05) is 6.07 Å². The molecule has 0 amide bonds. The van der Waals surface area contributed by atoms with Gasteiger partial charge < -0.3 is 11.1 Å². The molecule has 3 N–H and O–H groups in total. The van der Waals surface area contributed by atoms with E-state index < -0.39 is 0 Å². The number of benzene rings is 1. The van der Waals surface area contributed by atoms with Crippen molar-refractivity contribution in [3.8, 4) is 0 Å². The van der Waals surface area contributed by atoms with E-state index in [0.29, 0.717) is 5.92 Å². The Bertz CT molecular complexity index is 378. The quantitative estimate of drug-likeness (QED) is 0.786. The summed E-state index contributed by atoms with van der Waals surface area (Å²) in [5, 5.41) is 3.28. The fourth-order valence-electron chi connectivity index (χ4n) is 2.69. The Morgan fingerprint density at radius 2 is 2.24 bits per heavy atom. The van der Waals surface area contributed by atoms with E-state index in [1.165, 1.54) is 31.7 Å². The Hall–Kier alpha value is -1.25. The summed E-state index contributed by atoms with van der Waals surface area (Å²) in [5.74, 6) is 1.17. The number of hydrogen-bond donors (Lipinski definition) is 2. The highest BCUT2D eigenvalue weighted by atomic mass is 19.1. The van der Waals surface area contributed by atoms with Crippen molar-refractivity contribution in [2.45, 2.75) is 32.6 Å². The number of para-hydroxylation sites is 1. The highest BCUT2D eigenvalue weighted by molar-refractivity contribution is 5.66. The first-order valence-corrected chi connectivity index (χ1v) is 6.44. The molecule has 94 valence electrons. The predicted octanol–water partition coefficient (Wildman–Crippen LogP) is 3.65. The average Bonchev–Trinajstić information content (AvgIpc) is 2.31. The van der Waals surface area contributed by atoms with Crippen molar-refractivity contribution >= 4 is 11.4 Å². The van der Waals surface area contributed by atoms with Gasteiger partial charge in [0, 0.05) is 6.54 Å². The summed E-state index contributed by atoms with van der Waals surface area (Å²) in [4.78, 5) is 0. The number of nitrogens with one attached hydrogen (secondary N) is 1. The fourth-order valence-corrected chi connectivity index (χ4v) is 2.69. The van der Waals surface area contributed by atoms with Crippen LogP contribution in [-0.4, -0.2) is 6.54 Å². The van der Waals surface area contributed by atoms with Crippen LogP contribution in [0.4, 0.5) is 15.8 Å². The normalized spacial score (nSPS) is 24.6. The molecular weight excluding hydrogens is 215 g/mol. The van der Waals surface area contributed by atoms with Gasteiger partial charge in [0.05, 0.1) is 11.4 Å². The molecule has 1 aromatic rings. The monoisotopic (exact) mass is 236 g/mol. The van der Waals surface area contributed by atoms with Gasteiger partial charge in [0.15, 0.2) is 0 Å². The molecule has 0 aromatic heterocycles. The van der Waals surface area contributed by atoms with Gasteiger partial charge in [-0.15, -0.1) is 0 Å². The van der Waals surface area contributed by atoms with Crippen LogP contribution in [-0.2, 0) is 0 Å². The number of halogens is 1. The molecular formula is C14H21FN2. The number of hydrogen-bond acceptors (Lipinski definition) is 2. The van der Waals surface area contributed by atoms with Crippen molar-refractivity contribution < 1.29 is 4.39 Å². The van der Waals surface area contributed by atoms with Gasteiger partial charge in [0.2, 0.25) is 0 Å². The summed E-state index contributed by atoms with van der Waals surface area (Å²) < 4.78 is 13.2. The number of anilines is 2. The zero-order valence-corrected chi connectivity index (χ0v) is 10.4. The second kappa shape index (κ2) is 5.39. The van der Waals surface area contributed by atoms with Gasteiger partial charge in [-0.2, -0.15) is 0 Å². The number of nitrogen functional groups attached to an aromatic ring is 1. The van der Waals surface area contributed by atoms with Gasteiger partial charge in [-0.3, -0.25) is 0 Å². The van der Waals surface area contributed by atoms with Crippen molar-refractivity contribution in [1.29, 1.82) is 0 Å². The molecule has 1 aromatic carbocycles. The highest BCUT2D eigenvalue weighted by Gasteiger charge is 2.18. The van der Waals surface area contributed by atoms with Gasteiger partial charge in [0.25, 0.3) is 0 Å². The summed E-state index contributed by atoms with van der Waals surface area (Å²) in [6.07, 6.45) is 5.19. The summed E-state index contributed by atoms with van der Waals surface area (Å²) in [7, 11) is 0. The molecule has 0 radical (unpaired) electrons. The Labute approximate surface area is 102 Å². The van der Waals surface area contributed by atoms with Crippen molar-refractivity contribution in [2.75, 3.05) is 17.6 Å². The zero-order valence-electron chi connectivity index (χ0n) is 10.4. The van der Waals surface area contributed by atoms with Gasteiger partial charge in [-0.1, -0.05) is 25.8 Å². The Kier molecular flexibility index (Phi) is 3.87. The summed E-state index contributed by atoms with van der Waals surface area (Å²) >= 11 is 0. The molecule has 3 heteroatoms. The van der Waals surface area contributed by atoms with Crippen molar-refractivity contribution in [2.24, 2.45) is 11.8 Å². The fraction of sp³-hybridized carbons (Fsp3) is 0.571. The minimum absolute atomic E-state index is 0.233. The van der Waals surface area contributed by atoms with Crippen LogP contribution in [0.15, 0.2) is 18.2 Å². The van der Waals surface area contributed by atoms with E-state index in [2.05, 4.69) is 12.2 Å². The SMILES string of the molecule is CC1CCCC(CNc2cccc(F)c2N)C1. The molecule has 0 heterocycles. The molecule has 17 heavy (non-hydrogen) atoms. The number of nitrogens with two attached hydrogens (primary N) is 1. The Morgan fingerprint density at radius 3 is 3.00 bits per heavy atom. The van der Waals surface area contributed by atoms with Gasteiger partial charge in [-0.25, -0.2) is 4.39 Å². The van der Waals surface area contributed by atoms with Crippen LogP contribution < -0.4 is 11.1 Å². The molecule has 2 unspecified atom stereocenters. The minimum atomic E-state index is -0.341. The lowest BCUT2D eigenvalue weighted by atomic mass is 9.82. The van der Waals surface area contributed by atoms with Crippen LogP contribution in [0.5, 0.6) is 0 Å². The maximum Gasteiger partial charge on any atom is 0.148 e. The first kappa shape index (κ1) is 12.2. The van der Waals surface area contributed by atoms with Crippen LogP contribution in [0.3, 0.4) is 0 Å². The van der Waals surface area contributed by atoms with Crippen LogP contribution in [0.1, 0.15) is 32.6 Å². The van der Waals surface area contributed by atoms with E-state index >= 15 is 0 Å². The lowest BCUT2D eigenvalue weighted by Crippen LogP contribution is -2.21. The van der Waals surface area contributed by atoms with Crippen molar-refractivity contribution in [3.63, 3.8) is 0 Å². The second-order valence-electron chi connectivity index (χ2n) is 5.22. The predicted molar refractivity (Wildman–Crippen MR) is 70.4 cm³/mol. The maximum atomic E-state index is 13.2. The zero-order chi connectivity index (χ0) is 12.3. The third-order valence-electron chi connectivity index (χ3n) is 3.68. The lowest BCUT2D eigenvalue weighted by Gasteiger charge is -2.27. The van der Waals surface area contributed by atoms with Crippen LogP contribution in [0, 0.1) is 17.7 Å². The topological polar surface area (TPSA) is 38.0 Å². The van der Waals surface area contributed by atoms with Gasteiger partial charge >= 0.3 is 0 Å². The molecule has 1 aliphatic carbocycles. The van der Waals surface area contributed by atoms with Crippen LogP contribution in [0.2, 0.25) is 0 Å². The largest absolute Gasteiger partial charge is 0.395 e.